The monoisotopic (exact) mass is 312 g/mol. The molecule has 0 saturated carbocycles. The van der Waals surface area contributed by atoms with Gasteiger partial charge in [0.1, 0.15) is 5.84 Å². The van der Waals surface area contributed by atoms with Gasteiger partial charge in [-0.05, 0) is 37.1 Å². The van der Waals surface area contributed by atoms with Crippen molar-refractivity contribution in [3.63, 3.8) is 0 Å². The lowest BCUT2D eigenvalue weighted by Crippen LogP contribution is -2.46. The zero-order chi connectivity index (χ0) is 15.1. The van der Waals surface area contributed by atoms with Crippen molar-refractivity contribution in [1.82, 2.24) is 9.80 Å². The van der Waals surface area contributed by atoms with Crippen molar-refractivity contribution >= 4 is 29.0 Å². The van der Waals surface area contributed by atoms with Crippen molar-refractivity contribution in [2.75, 3.05) is 33.2 Å². The highest BCUT2D eigenvalue weighted by Crippen LogP contribution is 2.29. The number of hydrogen-bond acceptors (Lipinski definition) is 5. The van der Waals surface area contributed by atoms with Crippen LogP contribution in [0.3, 0.4) is 0 Å². The number of nitrogens with zero attached hydrogens (tertiary/aromatic N) is 4. The third-order valence-corrected chi connectivity index (χ3v) is 5.32. The molecule has 1 aliphatic carbocycles. The first-order chi connectivity index (χ1) is 10.7. The van der Waals surface area contributed by atoms with Crippen LogP contribution in [0.15, 0.2) is 38.9 Å². The maximum absolute atomic E-state index is 4.96. The topological polar surface area (TPSA) is 31.2 Å². The molecule has 0 spiro atoms. The fourth-order valence-electron chi connectivity index (χ4n) is 3.08. The first-order valence-corrected chi connectivity index (χ1v) is 8.63. The molecule has 2 aliphatic heterocycles. The summed E-state index contributed by atoms with van der Waals surface area (Å²) in [6.07, 6.45) is 5.23. The number of fused-ring (bicyclic) bond motifs is 2. The summed E-state index contributed by atoms with van der Waals surface area (Å²) in [5.41, 5.74) is 4.56. The maximum atomic E-state index is 4.96. The van der Waals surface area contributed by atoms with E-state index in [1.165, 1.54) is 10.4 Å². The van der Waals surface area contributed by atoms with E-state index in [0.29, 0.717) is 0 Å². The van der Waals surface area contributed by atoms with E-state index in [-0.39, 0.29) is 0 Å². The molecule has 22 heavy (non-hydrogen) atoms. The van der Waals surface area contributed by atoms with E-state index in [1.807, 2.05) is 0 Å². The fourth-order valence-corrected chi connectivity index (χ4v) is 3.93. The van der Waals surface area contributed by atoms with E-state index >= 15 is 0 Å². The Morgan fingerprint density at radius 1 is 1.09 bits per heavy atom. The molecule has 3 aliphatic rings. The number of likely N-dealkylation sites (N-methyl/N-ethyl adjacent to an activating group) is 1. The van der Waals surface area contributed by atoms with Gasteiger partial charge >= 0.3 is 0 Å². The molecule has 114 valence electrons. The number of piperazine rings is 1. The Balaban J connectivity index is 1.70. The standard InChI is InChI=1S/C17H20N4S/c1-12-9-17(21-6-4-20(2)5-7-21)19-15-11-16-13(3-8-22-16)10-14(15)18-12/h3,8-9,11H,4-7,10H2,1-2H3. The minimum Gasteiger partial charge on any atom is -0.354 e. The highest BCUT2D eigenvalue weighted by Gasteiger charge is 2.23. The second kappa shape index (κ2) is 5.48. The summed E-state index contributed by atoms with van der Waals surface area (Å²) in [7, 11) is 2.18. The minimum atomic E-state index is 0.898. The lowest BCUT2D eigenvalue weighted by molar-refractivity contribution is 0.216. The van der Waals surface area contributed by atoms with Crippen molar-refractivity contribution in [2.24, 2.45) is 9.98 Å². The molecule has 5 heteroatoms. The molecule has 0 bridgehead atoms. The van der Waals surface area contributed by atoms with Crippen molar-refractivity contribution in [3.05, 3.63) is 39.4 Å². The SMILES string of the molecule is CC1=CC(N2CCN(C)CC2)=NC2=Cc3sccc3CC2=N1. The Labute approximate surface area is 135 Å². The van der Waals surface area contributed by atoms with E-state index in [1.54, 1.807) is 11.3 Å². The van der Waals surface area contributed by atoms with Crippen molar-refractivity contribution in [1.29, 1.82) is 0 Å². The highest BCUT2D eigenvalue weighted by molar-refractivity contribution is 7.11. The lowest BCUT2D eigenvalue weighted by atomic mass is 10.0. The second-order valence-electron chi connectivity index (χ2n) is 6.12. The van der Waals surface area contributed by atoms with Gasteiger partial charge in [-0.3, -0.25) is 4.99 Å². The molecule has 3 heterocycles. The summed E-state index contributed by atoms with van der Waals surface area (Å²) < 4.78 is 0. The third kappa shape index (κ3) is 2.55. The molecule has 0 atom stereocenters. The average Bonchev–Trinajstić information content (AvgIpc) is 2.87. The van der Waals surface area contributed by atoms with Crippen molar-refractivity contribution in [3.8, 4) is 0 Å². The molecular formula is C17H20N4S. The van der Waals surface area contributed by atoms with Gasteiger partial charge in [0, 0.05) is 49.3 Å². The molecule has 0 amide bonds. The van der Waals surface area contributed by atoms with E-state index < -0.39 is 0 Å². The Kier molecular flexibility index (Phi) is 3.47. The smallest absolute Gasteiger partial charge is 0.131 e. The summed E-state index contributed by atoms with van der Waals surface area (Å²) in [4.78, 5) is 15.8. The van der Waals surface area contributed by atoms with Crippen LogP contribution in [0, 0.1) is 0 Å². The number of aliphatic imine (C=N–C) groups is 2. The van der Waals surface area contributed by atoms with Gasteiger partial charge in [0.2, 0.25) is 0 Å². The van der Waals surface area contributed by atoms with Crippen LogP contribution >= 0.6 is 11.3 Å². The van der Waals surface area contributed by atoms with E-state index in [9.17, 15) is 0 Å². The van der Waals surface area contributed by atoms with E-state index in [0.717, 1.165) is 55.5 Å². The van der Waals surface area contributed by atoms with Gasteiger partial charge in [-0.2, -0.15) is 0 Å². The molecule has 4 rings (SSSR count). The van der Waals surface area contributed by atoms with Gasteiger partial charge < -0.3 is 9.80 Å². The minimum absolute atomic E-state index is 0.898. The first-order valence-electron chi connectivity index (χ1n) is 7.75. The van der Waals surface area contributed by atoms with E-state index in [2.05, 4.69) is 47.4 Å². The number of rotatable bonds is 0. The number of amidine groups is 1. The lowest BCUT2D eigenvalue weighted by Gasteiger charge is -2.33. The predicted molar refractivity (Wildman–Crippen MR) is 93.7 cm³/mol. The molecule has 1 saturated heterocycles. The van der Waals surface area contributed by atoms with E-state index in [4.69, 9.17) is 9.98 Å². The molecule has 0 aromatic carbocycles. The van der Waals surface area contributed by atoms with Crippen LogP contribution in [0.2, 0.25) is 0 Å². The van der Waals surface area contributed by atoms with Crippen LogP contribution in [0.4, 0.5) is 0 Å². The van der Waals surface area contributed by atoms with Crippen molar-refractivity contribution < 1.29 is 0 Å². The summed E-state index contributed by atoms with van der Waals surface area (Å²) in [5, 5.41) is 2.15. The Bertz CT molecular complexity index is 715. The van der Waals surface area contributed by atoms with Crippen LogP contribution in [0.5, 0.6) is 0 Å². The predicted octanol–water partition coefficient (Wildman–Crippen LogP) is 2.65. The fraction of sp³-hybridized carbons (Fsp3) is 0.412. The largest absolute Gasteiger partial charge is 0.354 e. The Morgan fingerprint density at radius 2 is 1.91 bits per heavy atom. The van der Waals surface area contributed by atoms with Crippen LogP contribution in [-0.4, -0.2) is 54.6 Å². The number of hydrogen-bond donors (Lipinski definition) is 0. The zero-order valence-corrected chi connectivity index (χ0v) is 13.9. The van der Waals surface area contributed by atoms with Gasteiger partial charge in [0.25, 0.3) is 0 Å². The molecular weight excluding hydrogens is 292 g/mol. The summed E-state index contributed by atoms with van der Waals surface area (Å²) in [6.45, 7) is 6.32. The molecule has 1 aromatic rings. The van der Waals surface area contributed by atoms with Gasteiger partial charge in [0.15, 0.2) is 0 Å². The maximum Gasteiger partial charge on any atom is 0.131 e. The van der Waals surface area contributed by atoms with Crippen molar-refractivity contribution in [2.45, 2.75) is 13.3 Å². The quantitative estimate of drug-likeness (QED) is 0.737. The Hall–Kier alpha value is -1.72. The van der Waals surface area contributed by atoms with Crippen LogP contribution in [-0.2, 0) is 6.42 Å². The molecule has 0 radical (unpaired) electrons. The molecule has 1 aromatic heterocycles. The summed E-state index contributed by atoms with van der Waals surface area (Å²) in [5.74, 6) is 1.07. The van der Waals surface area contributed by atoms with Crippen LogP contribution in [0.1, 0.15) is 17.4 Å². The zero-order valence-electron chi connectivity index (χ0n) is 13.0. The molecule has 1 fully saturated rings. The van der Waals surface area contributed by atoms with Gasteiger partial charge in [-0.15, -0.1) is 11.3 Å². The average molecular weight is 312 g/mol. The van der Waals surface area contributed by atoms with Gasteiger partial charge in [-0.1, -0.05) is 0 Å². The van der Waals surface area contributed by atoms with Gasteiger partial charge in [-0.25, -0.2) is 4.99 Å². The molecule has 0 unspecified atom stereocenters. The summed E-state index contributed by atoms with van der Waals surface area (Å²) in [6, 6.07) is 2.20. The second-order valence-corrected chi connectivity index (χ2v) is 7.07. The number of allylic oxidation sites excluding steroid dienone is 2. The highest BCUT2D eigenvalue weighted by atomic mass is 32.1. The third-order valence-electron chi connectivity index (χ3n) is 4.41. The normalized spacial score (nSPS) is 22.0. The summed E-state index contributed by atoms with van der Waals surface area (Å²) >= 11 is 1.79. The molecule has 4 nitrogen and oxygen atoms in total. The van der Waals surface area contributed by atoms with Crippen LogP contribution < -0.4 is 0 Å². The first kappa shape index (κ1) is 13.9. The number of thiophene rings is 1. The van der Waals surface area contributed by atoms with Crippen LogP contribution in [0.25, 0.3) is 6.08 Å². The Morgan fingerprint density at radius 3 is 2.73 bits per heavy atom. The van der Waals surface area contributed by atoms with Gasteiger partial charge in [0.05, 0.1) is 11.4 Å². The molecule has 0 N–H and O–H groups in total.